The Kier molecular flexibility index (Phi) is 7.91. The quantitative estimate of drug-likeness (QED) is 0.566. The lowest BCUT2D eigenvalue weighted by atomic mass is 9.63. The summed E-state index contributed by atoms with van der Waals surface area (Å²) in [6.45, 7) is 3.12. The molecular formula is C27H37ClN6O2. The van der Waals surface area contributed by atoms with E-state index >= 15 is 0 Å². The van der Waals surface area contributed by atoms with Gasteiger partial charge in [-0.2, -0.15) is 5.10 Å². The first kappa shape index (κ1) is 25.2. The van der Waals surface area contributed by atoms with E-state index < -0.39 is 6.04 Å². The van der Waals surface area contributed by atoms with Crippen molar-refractivity contribution < 1.29 is 9.59 Å². The molecular weight excluding hydrogens is 476 g/mol. The number of aromatic nitrogens is 3. The lowest BCUT2D eigenvalue weighted by Gasteiger charge is -2.48. The topological polar surface area (TPSA) is 92.2 Å². The maximum Gasteiger partial charge on any atom is 0.245 e. The first-order valence-corrected chi connectivity index (χ1v) is 13.8. The van der Waals surface area contributed by atoms with E-state index in [1.807, 2.05) is 40.2 Å². The second-order valence-electron chi connectivity index (χ2n) is 10.8. The molecule has 1 saturated carbocycles. The van der Waals surface area contributed by atoms with Crippen molar-refractivity contribution >= 4 is 23.4 Å². The molecule has 2 N–H and O–H groups in total. The van der Waals surface area contributed by atoms with Gasteiger partial charge in [-0.1, -0.05) is 43.0 Å². The van der Waals surface area contributed by atoms with Crippen LogP contribution in [0.4, 0.5) is 0 Å². The van der Waals surface area contributed by atoms with E-state index in [-0.39, 0.29) is 23.3 Å². The Balaban J connectivity index is 1.29. The molecule has 3 fully saturated rings. The van der Waals surface area contributed by atoms with E-state index in [1.54, 1.807) is 6.33 Å². The van der Waals surface area contributed by atoms with E-state index in [1.165, 1.54) is 32.1 Å². The minimum Gasteiger partial charge on any atom is -0.343 e. The van der Waals surface area contributed by atoms with Gasteiger partial charge < -0.3 is 15.5 Å². The summed E-state index contributed by atoms with van der Waals surface area (Å²) in [7, 11) is 0. The molecule has 9 heteroatoms. The summed E-state index contributed by atoms with van der Waals surface area (Å²) in [5.74, 6) is 0.575. The number of hydrogen-bond donors (Lipinski definition) is 2. The Hall–Kier alpha value is -2.45. The summed E-state index contributed by atoms with van der Waals surface area (Å²) < 4.78 is 1.97. The van der Waals surface area contributed by atoms with Gasteiger partial charge in [0.2, 0.25) is 11.8 Å². The third kappa shape index (κ3) is 5.75. The van der Waals surface area contributed by atoms with E-state index in [0.29, 0.717) is 30.5 Å². The summed E-state index contributed by atoms with van der Waals surface area (Å²) in [6, 6.07) is 6.73. The number of nitrogens with one attached hydrogen (secondary N) is 2. The summed E-state index contributed by atoms with van der Waals surface area (Å²) in [5.41, 5.74) is 1.12. The highest BCUT2D eigenvalue weighted by atomic mass is 35.5. The Labute approximate surface area is 218 Å². The Morgan fingerprint density at radius 1 is 1.11 bits per heavy atom. The van der Waals surface area contributed by atoms with Gasteiger partial charge in [0.15, 0.2) is 0 Å². The average molecular weight is 513 g/mol. The normalized spacial score (nSPS) is 23.0. The van der Waals surface area contributed by atoms with E-state index in [2.05, 4.69) is 20.7 Å². The van der Waals surface area contributed by atoms with Crippen LogP contribution in [0.2, 0.25) is 5.02 Å². The molecule has 2 amide bonds. The number of carbonyl (C=O) groups is 2. The largest absolute Gasteiger partial charge is 0.343 e. The molecule has 2 atom stereocenters. The number of piperidine rings is 1. The van der Waals surface area contributed by atoms with E-state index in [9.17, 15) is 9.59 Å². The van der Waals surface area contributed by atoms with Crippen molar-refractivity contribution in [3.63, 3.8) is 0 Å². The van der Waals surface area contributed by atoms with E-state index in [0.717, 1.165) is 37.9 Å². The molecule has 0 spiro atoms. The van der Waals surface area contributed by atoms with Crippen LogP contribution in [0.15, 0.2) is 36.9 Å². The lowest BCUT2D eigenvalue weighted by Crippen LogP contribution is -2.59. The summed E-state index contributed by atoms with van der Waals surface area (Å²) in [4.78, 5) is 32.7. The van der Waals surface area contributed by atoms with Crippen molar-refractivity contribution in [3.05, 3.63) is 47.5 Å². The molecule has 1 aromatic heterocycles. The van der Waals surface area contributed by atoms with Crippen LogP contribution in [0, 0.1) is 11.3 Å². The van der Waals surface area contributed by atoms with Crippen LogP contribution >= 0.6 is 11.6 Å². The molecule has 0 unspecified atom stereocenters. The van der Waals surface area contributed by atoms with Crippen LogP contribution in [-0.4, -0.2) is 63.2 Å². The zero-order valence-corrected chi connectivity index (χ0v) is 21.6. The number of likely N-dealkylation sites (tertiary alicyclic amines) is 1. The number of amides is 2. The molecule has 3 aliphatic rings. The van der Waals surface area contributed by atoms with Gasteiger partial charge in [-0.25, -0.2) is 4.98 Å². The van der Waals surface area contributed by atoms with Gasteiger partial charge in [0, 0.05) is 31.1 Å². The standard InChI is InChI=1S/C27H37ClN6O2/c28-22-8-6-20(7-9-22)16-24(32-25(35)23-10-13-30-23)26(36)33-14-11-27(12-15-33,17-34-19-29-18-31-34)21-4-2-1-3-5-21/h6-9,18-19,21,23-24,30H,1-5,10-17H2,(H,32,35)/t23-,24+/m0/s1. The molecule has 8 nitrogen and oxygen atoms in total. The lowest BCUT2D eigenvalue weighted by molar-refractivity contribution is -0.140. The molecule has 1 aromatic carbocycles. The molecule has 2 aliphatic heterocycles. The minimum atomic E-state index is -0.585. The van der Waals surface area contributed by atoms with Gasteiger partial charge in [0.05, 0.1) is 6.04 Å². The maximum atomic E-state index is 13.8. The monoisotopic (exact) mass is 512 g/mol. The number of nitrogens with zero attached hydrogens (tertiary/aromatic N) is 4. The molecule has 3 heterocycles. The number of rotatable bonds is 8. The second kappa shape index (κ2) is 11.3. The predicted octanol–water partition coefficient (Wildman–Crippen LogP) is 3.21. The van der Waals surface area contributed by atoms with Gasteiger partial charge >= 0.3 is 0 Å². The third-order valence-corrected chi connectivity index (χ3v) is 8.85. The highest BCUT2D eigenvalue weighted by Gasteiger charge is 2.44. The smallest absolute Gasteiger partial charge is 0.245 e. The van der Waals surface area contributed by atoms with Crippen LogP contribution < -0.4 is 10.6 Å². The molecule has 1 aliphatic carbocycles. The van der Waals surface area contributed by atoms with Crippen molar-refractivity contribution in [1.29, 1.82) is 0 Å². The van der Waals surface area contributed by atoms with Gasteiger partial charge in [0.1, 0.15) is 18.7 Å². The Morgan fingerprint density at radius 2 is 1.83 bits per heavy atom. The highest BCUT2D eigenvalue weighted by Crippen LogP contribution is 2.47. The molecule has 0 radical (unpaired) electrons. The fourth-order valence-corrected chi connectivity index (χ4v) is 6.41. The number of hydrogen-bond acceptors (Lipinski definition) is 5. The number of halogens is 1. The third-order valence-electron chi connectivity index (χ3n) is 8.59. The average Bonchev–Trinajstić information content (AvgIpc) is 3.37. The number of carbonyl (C=O) groups excluding carboxylic acids is 2. The molecule has 2 saturated heterocycles. The zero-order chi connectivity index (χ0) is 25.0. The summed E-state index contributed by atoms with van der Waals surface area (Å²) >= 11 is 6.06. The van der Waals surface area contributed by atoms with Gasteiger partial charge in [-0.15, -0.1) is 0 Å². The predicted molar refractivity (Wildman–Crippen MR) is 138 cm³/mol. The first-order chi connectivity index (χ1) is 17.5. The number of benzene rings is 1. The van der Waals surface area contributed by atoms with Crippen LogP contribution in [0.5, 0.6) is 0 Å². The summed E-state index contributed by atoms with van der Waals surface area (Å²) in [6.07, 6.45) is 13.0. The van der Waals surface area contributed by atoms with Gasteiger partial charge in [-0.05, 0) is 67.7 Å². The Bertz CT molecular complexity index is 1010. The zero-order valence-electron chi connectivity index (χ0n) is 20.9. The van der Waals surface area contributed by atoms with Crippen molar-refractivity contribution in [2.45, 2.75) is 76.4 Å². The second-order valence-corrected chi connectivity index (χ2v) is 11.2. The van der Waals surface area contributed by atoms with Crippen molar-refractivity contribution in [3.8, 4) is 0 Å². The van der Waals surface area contributed by atoms with Crippen molar-refractivity contribution in [2.75, 3.05) is 19.6 Å². The fourth-order valence-electron chi connectivity index (χ4n) is 6.28. The molecule has 5 rings (SSSR count). The first-order valence-electron chi connectivity index (χ1n) is 13.4. The van der Waals surface area contributed by atoms with Crippen LogP contribution in [0.1, 0.15) is 56.9 Å². The van der Waals surface area contributed by atoms with Crippen LogP contribution in [0.25, 0.3) is 0 Å². The minimum absolute atomic E-state index is 0.00984. The molecule has 194 valence electrons. The summed E-state index contributed by atoms with van der Waals surface area (Å²) in [5, 5.41) is 11.3. The Morgan fingerprint density at radius 3 is 2.44 bits per heavy atom. The molecule has 2 aromatic rings. The molecule has 36 heavy (non-hydrogen) atoms. The highest BCUT2D eigenvalue weighted by molar-refractivity contribution is 6.30. The van der Waals surface area contributed by atoms with Crippen molar-refractivity contribution in [2.24, 2.45) is 11.3 Å². The van der Waals surface area contributed by atoms with Gasteiger partial charge in [0.25, 0.3) is 0 Å². The van der Waals surface area contributed by atoms with Gasteiger partial charge in [-0.3, -0.25) is 14.3 Å². The SMILES string of the molecule is O=C(N[C@H](Cc1ccc(Cl)cc1)C(=O)N1CCC(Cn2cncn2)(C2CCCCC2)CC1)[C@@H]1CCN1. The maximum absolute atomic E-state index is 13.8. The van der Waals surface area contributed by atoms with Crippen LogP contribution in [0.3, 0.4) is 0 Å². The van der Waals surface area contributed by atoms with E-state index in [4.69, 9.17) is 11.6 Å². The fraction of sp³-hybridized carbons (Fsp3) is 0.630. The molecule has 0 bridgehead atoms. The van der Waals surface area contributed by atoms with Crippen LogP contribution in [-0.2, 0) is 22.6 Å². The van der Waals surface area contributed by atoms with Crippen molar-refractivity contribution in [1.82, 2.24) is 30.3 Å².